The molecule has 18 heavy (non-hydrogen) atoms. The molecule has 1 aliphatic rings. The number of pyridine rings is 1. The Morgan fingerprint density at radius 1 is 1.39 bits per heavy atom. The van der Waals surface area contributed by atoms with Gasteiger partial charge in [-0.25, -0.2) is 9.37 Å². The van der Waals surface area contributed by atoms with Gasteiger partial charge in [0.05, 0.1) is 12.1 Å². The predicted molar refractivity (Wildman–Crippen MR) is 65.5 cm³/mol. The third-order valence-electron chi connectivity index (χ3n) is 2.84. The van der Waals surface area contributed by atoms with E-state index in [4.69, 9.17) is 10.3 Å². The molecule has 3 heterocycles. The molecule has 1 saturated heterocycles. The Morgan fingerprint density at radius 3 is 2.94 bits per heavy atom. The van der Waals surface area contributed by atoms with Crippen molar-refractivity contribution in [2.75, 3.05) is 11.5 Å². The summed E-state index contributed by atoms with van der Waals surface area (Å²) in [6.45, 7) is 0. The molecule has 0 aliphatic carbocycles. The van der Waals surface area contributed by atoms with Crippen molar-refractivity contribution in [2.45, 2.75) is 12.0 Å². The van der Waals surface area contributed by atoms with Crippen molar-refractivity contribution in [1.29, 1.82) is 0 Å². The fourth-order valence-corrected chi connectivity index (χ4v) is 3.11. The number of rotatable bonds is 2. The molecule has 2 atom stereocenters. The average Bonchev–Trinajstić information content (AvgIpc) is 2.98. The van der Waals surface area contributed by atoms with Crippen LogP contribution in [0.3, 0.4) is 0 Å². The summed E-state index contributed by atoms with van der Waals surface area (Å²) < 4.78 is 18.0. The highest BCUT2D eigenvalue weighted by atomic mass is 32.2. The summed E-state index contributed by atoms with van der Waals surface area (Å²) >= 11 is 1.77. The first kappa shape index (κ1) is 11.6. The molecule has 0 aromatic carbocycles. The summed E-state index contributed by atoms with van der Waals surface area (Å²) in [6, 6.07) is 2.88. The van der Waals surface area contributed by atoms with Crippen LogP contribution in [0.2, 0.25) is 0 Å². The van der Waals surface area contributed by atoms with Gasteiger partial charge in [-0.15, -0.1) is 0 Å². The molecule has 94 valence electrons. The smallest absolute Gasteiger partial charge is 0.232 e. The molecule has 1 aliphatic heterocycles. The lowest BCUT2D eigenvalue weighted by Crippen LogP contribution is -2.26. The van der Waals surface area contributed by atoms with E-state index < -0.39 is 5.82 Å². The van der Waals surface area contributed by atoms with Crippen molar-refractivity contribution in [1.82, 2.24) is 15.1 Å². The highest BCUT2D eigenvalue weighted by molar-refractivity contribution is 7.99. The number of aromatic nitrogens is 3. The molecule has 0 bridgehead atoms. The van der Waals surface area contributed by atoms with Crippen LogP contribution in [0.15, 0.2) is 22.9 Å². The molecule has 0 amide bonds. The standard InChI is InChI=1S/C11H11FN4OS/c12-6-1-2-9(14-3-6)10-15-11(17-16-10)7-4-18-5-8(7)13/h1-3,7-8H,4-5,13H2. The van der Waals surface area contributed by atoms with Crippen LogP contribution >= 0.6 is 11.8 Å². The van der Waals surface area contributed by atoms with Gasteiger partial charge in [0.2, 0.25) is 11.7 Å². The second-order valence-corrected chi connectivity index (χ2v) is 5.20. The van der Waals surface area contributed by atoms with Gasteiger partial charge in [-0.05, 0) is 12.1 Å². The van der Waals surface area contributed by atoms with E-state index in [1.807, 2.05) is 0 Å². The van der Waals surface area contributed by atoms with E-state index in [1.165, 1.54) is 12.1 Å². The minimum atomic E-state index is -0.392. The van der Waals surface area contributed by atoms with E-state index in [9.17, 15) is 4.39 Å². The minimum Gasteiger partial charge on any atom is -0.339 e. The summed E-state index contributed by atoms with van der Waals surface area (Å²) in [5.74, 6) is 2.40. The first-order chi connectivity index (χ1) is 8.74. The highest BCUT2D eigenvalue weighted by Crippen LogP contribution is 2.31. The zero-order valence-electron chi connectivity index (χ0n) is 9.41. The second kappa shape index (κ2) is 4.66. The number of hydrogen-bond donors (Lipinski definition) is 1. The van der Waals surface area contributed by atoms with Crippen LogP contribution in [-0.2, 0) is 0 Å². The zero-order chi connectivity index (χ0) is 12.5. The normalized spacial score (nSPS) is 23.4. The van der Waals surface area contributed by atoms with Gasteiger partial charge in [-0.1, -0.05) is 5.16 Å². The molecule has 5 nitrogen and oxygen atoms in total. The molecule has 3 rings (SSSR count). The lowest BCUT2D eigenvalue weighted by molar-refractivity contribution is 0.352. The van der Waals surface area contributed by atoms with Crippen molar-refractivity contribution < 1.29 is 8.91 Å². The first-order valence-electron chi connectivity index (χ1n) is 5.53. The van der Waals surface area contributed by atoms with Gasteiger partial charge < -0.3 is 10.3 Å². The largest absolute Gasteiger partial charge is 0.339 e. The van der Waals surface area contributed by atoms with Gasteiger partial charge in [0.15, 0.2) is 0 Å². The zero-order valence-corrected chi connectivity index (χ0v) is 10.2. The van der Waals surface area contributed by atoms with E-state index in [-0.39, 0.29) is 12.0 Å². The van der Waals surface area contributed by atoms with Gasteiger partial charge in [0.25, 0.3) is 0 Å². The van der Waals surface area contributed by atoms with Crippen molar-refractivity contribution in [3.05, 3.63) is 30.0 Å². The minimum absolute atomic E-state index is 0.0458. The van der Waals surface area contributed by atoms with Crippen molar-refractivity contribution in [3.63, 3.8) is 0 Å². The molecule has 2 unspecified atom stereocenters. The van der Waals surface area contributed by atoms with Crippen molar-refractivity contribution >= 4 is 11.8 Å². The van der Waals surface area contributed by atoms with E-state index in [1.54, 1.807) is 11.8 Å². The first-order valence-corrected chi connectivity index (χ1v) is 6.68. The lowest BCUT2D eigenvalue weighted by atomic mass is 10.1. The monoisotopic (exact) mass is 266 g/mol. The molecular formula is C11H11FN4OS. The molecule has 7 heteroatoms. The predicted octanol–water partition coefficient (Wildman–Crippen LogP) is 1.43. The molecule has 2 aromatic rings. The van der Waals surface area contributed by atoms with Crippen LogP contribution < -0.4 is 5.73 Å². The summed E-state index contributed by atoms with van der Waals surface area (Å²) in [5.41, 5.74) is 6.46. The van der Waals surface area contributed by atoms with Gasteiger partial charge in [0.1, 0.15) is 11.5 Å². The Kier molecular flexibility index (Phi) is 3.00. The lowest BCUT2D eigenvalue weighted by Gasteiger charge is -2.07. The molecule has 2 N–H and O–H groups in total. The van der Waals surface area contributed by atoms with E-state index in [2.05, 4.69) is 15.1 Å². The number of thioether (sulfide) groups is 1. The Labute approximate surface area is 107 Å². The van der Waals surface area contributed by atoms with E-state index >= 15 is 0 Å². The van der Waals surface area contributed by atoms with E-state index in [0.717, 1.165) is 17.7 Å². The van der Waals surface area contributed by atoms with Gasteiger partial charge in [-0.2, -0.15) is 16.7 Å². The van der Waals surface area contributed by atoms with Crippen LogP contribution in [0.4, 0.5) is 4.39 Å². The maximum Gasteiger partial charge on any atom is 0.232 e. The number of halogens is 1. The van der Waals surface area contributed by atoms with Crippen LogP contribution in [0, 0.1) is 5.82 Å². The number of nitrogens with zero attached hydrogens (tertiary/aromatic N) is 3. The molecule has 2 aromatic heterocycles. The summed E-state index contributed by atoms with van der Waals surface area (Å²) in [7, 11) is 0. The Bertz CT molecular complexity index is 544. The number of hydrogen-bond acceptors (Lipinski definition) is 6. The average molecular weight is 266 g/mol. The number of nitrogens with two attached hydrogens (primary N) is 1. The third kappa shape index (κ3) is 2.11. The maximum absolute atomic E-state index is 12.8. The quantitative estimate of drug-likeness (QED) is 0.886. The van der Waals surface area contributed by atoms with Crippen LogP contribution in [0.25, 0.3) is 11.5 Å². The van der Waals surface area contributed by atoms with Crippen molar-refractivity contribution in [3.8, 4) is 11.5 Å². The third-order valence-corrected chi connectivity index (χ3v) is 4.06. The van der Waals surface area contributed by atoms with Crippen LogP contribution in [0.1, 0.15) is 11.8 Å². The Morgan fingerprint density at radius 2 is 2.28 bits per heavy atom. The topological polar surface area (TPSA) is 77.8 Å². The summed E-state index contributed by atoms with van der Waals surface area (Å²) in [5, 5.41) is 3.86. The van der Waals surface area contributed by atoms with Gasteiger partial charge in [-0.3, -0.25) is 0 Å². The molecular weight excluding hydrogens is 255 g/mol. The molecule has 0 spiro atoms. The Hall–Kier alpha value is -1.47. The fourth-order valence-electron chi connectivity index (χ4n) is 1.82. The highest BCUT2D eigenvalue weighted by Gasteiger charge is 2.31. The summed E-state index contributed by atoms with van der Waals surface area (Å²) in [4.78, 5) is 8.20. The van der Waals surface area contributed by atoms with Crippen LogP contribution in [-0.4, -0.2) is 32.7 Å². The van der Waals surface area contributed by atoms with Gasteiger partial charge >= 0.3 is 0 Å². The fraction of sp³-hybridized carbons (Fsp3) is 0.364. The van der Waals surface area contributed by atoms with Gasteiger partial charge in [0, 0.05) is 17.5 Å². The SMILES string of the molecule is NC1CSCC1c1nc(-c2ccc(F)cn2)no1. The maximum atomic E-state index is 12.8. The van der Waals surface area contributed by atoms with Crippen molar-refractivity contribution in [2.24, 2.45) is 5.73 Å². The Balaban J connectivity index is 1.87. The van der Waals surface area contributed by atoms with E-state index in [0.29, 0.717) is 17.4 Å². The molecule has 1 fully saturated rings. The molecule has 0 saturated carbocycles. The van der Waals surface area contributed by atoms with Crippen LogP contribution in [0.5, 0.6) is 0 Å². The molecule has 0 radical (unpaired) electrons. The second-order valence-electron chi connectivity index (χ2n) is 4.13. The summed E-state index contributed by atoms with van der Waals surface area (Å²) in [6.07, 6.45) is 1.13.